The molecule has 0 bridgehead atoms. The van der Waals surface area contributed by atoms with Crippen LogP contribution in [0.1, 0.15) is 22.3 Å². The molecule has 5 heteroatoms. The number of para-hydroxylation sites is 2. The fraction of sp³-hybridized carbons (Fsp3) is 0.263. The van der Waals surface area contributed by atoms with Crippen LogP contribution in [0.3, 0.4) is 0 Å². The number of aromatic nitrogens is 2. The van der Waals surface area contributed by atoms with Crippen LogP contribution >= 0.6 is 0 Å². The third-order valence-corrected chi connectivity index (χ3v) is 4.48. The van der Waals surface area contributed by atoms with Crippen LogP contribution in [0.25, 0.3) is 11.0 Å². The van der Waals surface area contributed by atoms with Gasteiger partial charge in [-0.3, -0.25) is 0 Å². The average molecular weight is 321 g/mol. The SMILES string of the molecule is COC(=O)c1ccc(CN2CCCn3c2nc2ccccc23)cc1. The molecule has 1 aliphatic rings. The molecule has 5 nitrogen and oxygen atoms in total. The van der Waals surface area contributed by atoms with Gasteiger partial charge >= 0.3 is 5.97 Å². The Balaban J connectivity index is 1.61. The van der Waals surface area contributed by atoms with Crippen LogP contribution in [0.4, 0.5) is 5.95 Å². The highest BCUT2D eigenvalue weighted by molar-refractivity contribution is 5.89. The van der Waals surface area contributed by atoms with E-state index >= 15 is 0 Å². The van der Waals surface area contributed by atoms with Crippen LogP contribution in [-0.2, 0) is 17.8 Å². The van der Waals surface area contributed by atoms with E-state index < -0.39 is 0 Å². The summed E-state index contributed by atoms with van der Waals surface area (Å²) in [6, 6.07) is 15.9. The highest BCUT2D eigenvalue weighted by Crippen LogP contribution is 2.27. The average Bonchev–Trinajstić information content (AvgIpc) is 3.02. The van der Waals surface area contributed by atoms with Crippen molar-refractivity contribution in [2.45, 2.75) is 19.5 Å². The molecule has 0 radical (unpaired) electrons. The van der Waals surface area contributed by atoms with Crippen LogP contribution in [0.5, 0.6) is 0 Å². The third kappa shape index (κ3) is 2.52. The minimum absolute atomic E-state index is 0.304. The van der Waals surface area contributed by atoms with Crippen molar-refractivity contribution in [2.75, 3.05) is 18.6 Å². The van der Waals surface area contributed by atoms with Crippen molar-refractivity contribution in [2.24, 2.45) is 0 Å². The standard InChI is InChI=1S/C19H19N3O2/c1-24-18(23)15-9-7-14(8-10-15)13-21-11-4-12-22-17-6-3-2-5-16(17)20-19(21)22/h2-3,5-10H,4,11-13H2,1H3. The van der Waals surface area contributed by atoms with E-state index in [-0.39, 0.29) is 5.97 Å². The summed E-state index contributed by atoms with van der Waals surface area (Å²) >= 11 is 0. The Morgan fingerprint density at radius 3 is 2.71 bits per heavy atom. The summed E-state index contributed by atoms with van der Waals surface area (Å²) in [4.78, 5) is 18.6. The fourth-order valence-electron chi connectivity index (χ4n) is 3.28. The Bertz CT molecular complexity index is 883. The first-order chi connectivity index (χ1) is 11.8. The first kappa shape index (κ1) is 14.8. The quantitative estimate of drug-likeness (QED) is 0.695. The van der Waals surface area contributed by atoms with Crippen molar-refractivity contribution < 1.29 is 9.53 Å². The molecule has 4 rings (SSSR count). The molecule has 122 valence electrons. The Hall–Kier alpha value is -2.82. The second kappa shape index (κ2) is 6.00. The molecular formula is C19H19N3O2. The fourth-order valence-corrected chi connectivity index (χ4v) is 3.28. The van der Waals surface area contributed by atoms with Gasteiger partial charge in [-0.05, 0) is 36.2 Å². The summed E-state index contributed by atoms with van der Waals surface area (Å²) in [7, 11) is 1.40. The Kier molecular flexibility index (Phi) is 3.69. The van der Waals surface area contributed by atoms with Crippen LogP contribution in [0.15, 0.2) is 48.5 Å². The molecule has 0 amide bonds. The Labute approximate surface area is 140 Å². The van der Waals surface area contributed by atoms with Gasteiger partial charge in [0.05, 0.1) is 23.7 Å². The van der Waals surface area contributed by atoms with Crippen LogP contribution in [-0.4, -0.2) is 29.2 Å². The number of hydrogen-bond donors (Lipinski definition) is 0. The van der Waals surface area contributed by atoms with Gasteiger partial charge in [-0.15, -0.1) is 0 Å². The molecule has 3 aromatic rings. The van der Waals surface area contributed by atoms with E-state index in [1.165, 1.54) is 12.6 Å². The second-order valence-electron chi connectivity index (χ2n) is 6.02. The number of imidazole rings is 1. The van der Waals surface area contributed by atoms with E-state index in [4.69, 9.17) is 9.72 Å². The number of ether oxygens (including phenoxy) is 1. The molecule has 0 saturated carbocycles. The Morgan fingerprint density at radius 1 is 1.12 bits per heavy atom. The summed E-state index contributed by atoms with van der Waals surface area (Å²) in [5.41, 5.74) is 3.97. The zero-order valence-electron chi connectivity index (χ0n) is 13.6. The number of benzene rings is 2. The largest absolute Gasteiger partial charge is 0.465 e. The number of carbonyl (C=O) groups excluding carboxylic acids is 1. The number of esters is 1. The maximum Gasteiger partial charge on any atom is 0.337 e. The molecule has 0 spiro atoms. The van der Waals surface area contributed by atoms with Crippen molar-refractivity contribution in [3.8, 4) is 0 Å². The van der Waals surface area contributed by atoms with Crippen molar-refractivity contribution in [1.82, 2.24) is 9.55 Å². The third-order valence-electron chi connectivity index (χ3n) is 4.48. The zero-order chi connectivity index (χ0) is 16.5. The molecule has 0 fully saturated rings. The lowest BCUT2D eigenvalue weighted by Crippen LogP contribution is -2.31. The zero-order valence-corrected chi connectivity index (χ0v) is 13.6. The smallest absolute Gasteiger partial charge is 0.337 e. The second-order valence-corrected chi connectivity index (χ2v) is 6.02. The number of fused-ring (bicyclic) bond motifs is 3. The van der Waals surface area contributed by atoms with Crippen LogP contribution in [0, 0.1) is 0 Å². The maximum absolute atomic E-state index is 11.5. The number of rotatable bonds is 3. The van der Waals surface area contributed by atoms with Gasteiger partial charge in [0.2, 0.25) is 5.95 Å². The molecule has 2 heterocycles. The van der Waals surface area contributed by atoms with E-state index in [0.29, 0.717) is 5.56 Å². The van der Waals surface area contributed by atoms with Crippen molar-refractivity contribution >= 4 is 23.0 Å². The molecule has 1 aliphatic heterocycles. The molecule has 0 saturated heterocycles. The number of aryl methyl sites for hydroxylation is 1. The maximum atomic E-state index is 11.5. The van der Waals surface area contributed by atoms with Gasteiger partial charge < -0.3 is 14.2 Å². The summed E-state index contributed by atoms with van der Waals surface area (Å²) in [6.07, 6.45) is 1.10. The lowest BCUT2D eigenvalue weighted by molar-refractivity contribution is 0.0600. The number of hydrogen-bond acceptors (Lipinski definition) is 4. The molecule has 0 unspecified atom stereocenters. The van der Waals surface area contributed by atoms with Gasteiger partial charge in [0.15, 0.2) is 0 Å². The monoisotopic (exact) mass is 321 g/mol. The van der Waals surface area contributed by atoms with Crippen molar-refractivity contribution in [3.05, 3.63) is 59.7 Å². The molecule has 24 heavy (non-hydrogen) atoms. The summed E-state index contributed by atoms with van der Waals surface area (Å²) < 4.78 is 7.04. The number of methoxy groups -OCH3 is 1. The first-order valence-electron chi connectivity index (χ1n) is 8.14. The summed E-state index contributed by atoms with van der Waals surface area (Å²) in [6.45, 7) is 2.78. The van der Waals surface area contributed by atoms with Gasteiger partial charge in [-0.25, -0.2) is 9.78 Å². The molecule has 0 N–H and O–H groups in total. The van der Waals surface area contributed by atoms with Gasteiger partial charge in [0.25, 0.3) is 0 Å². The predicted molar refractivity (Wildman–Crippen MR) is 93.2 cm³/mol. The van der Waals surface area contributed by atoms with E-state index in [9.17, 15) is 4.79 Å². The number of nitrogens with zero attached hydrogens (tertiary/aromatic N) is 3. The lowest BCUT2D eigenvalue weighted by atomic mass is 10.1. The Morgan fingerprint density at radius 2 is 1.92 bits per heavy atom. The molecule has 2 aromatic carbocycles. The van der Waals surface area contributed by atoms with Gasteiger partial charge in [0, 0.05) is 19.6 Å². The van der Waals surface area contributed by atoms with Crippen LogP contribution < -0.4 is 4.90 Å². The van der Waals surface area contributed by atoms with Gasteiger partial charge in [-0.2, -0.15) is 0 Å². The highest BCUT2D eigenvalue weighted by Gasteiger charge is 2.21. The lowest BCUT2D eigenvalue weighted by Gasteiger charge is -2.29. The summed E-state index contributed by atoms with van der Waals surface area (Å²) in [5, 5.41) is 0. The molecular weight excluding hydrogens is 302 g/mol. The predicted octanol–water partition coefficient (Wildman–Crippen LogP) is 3.23. The van der Waals surface area contributed by atoms with E-state index in [0.717, 1.165) is 43.1 Å². The molecule has 0 atom stereocenters. The van der Waals surface area contributed by atoms with Gasteiger partial charge in [0.1, 0.15) is 0 Å². The number of anilines is 1. The minimum Gasteiger partial charge on any atom is -0.465 e. The molecule has 0 aliphatic carbocycles. The van der Waals surface area contributed by atoms with E-state index in [1.807, 2.05) is 30.3 Å². The molecule has 1 aromatic heterocycles. The normalized spacial score (nSPS) is 13.8. The number of carbonyl (C=O) groups is 1. The van der Waals surface area contributed by atoms with Crippen molar-refractivity contribution in [1.29, 1.82) is 0 Å². The minimum atomic E-state index is -0.304. The summed E-state index contributed by atoms with van der Waals surface area (Å²) in [5.74, 6) is 0.723. The van der Waals surface area contributed by atoms with Crippen molar-refractivity contribution in [3.63, 3.8) is 0 Å². The van der Waals surface area contributed by atoms with Gasteiger partial charge in [-0.1, -0.05) is 24.3 Å². The highest BCUT2D eigenvalue weighted by atomic mass is 16.5. The first-order valence-corrected chi connectivity index (χ1v) is 8.14. The van der Waals surface area contributed by atoms with E-state index in [2.05, 4.69) is 27.7 Å². The topological polar surface area (TPSA) is 47.4 Å². The van der Waals surface area contributed by atoms with E-state index in [1.54, 1.807) is 0 Å². The van der Waals surface area contributed by atoms with Crippen LogP contribution in [0.2, 0.25) is 0 Å².